The van der Waals surface area contributed by atoms with Gasteiger partial charge in [0.15, 0.2) is 0 Å². The van der Waals surface area contributed by atoms with Gasteiger partial charge in [0, 0.05) is 34.8 Å². The Bertz CT molecular complexity index is 902. The number of hydrogen-bond acceptors (Lipinski definition) is 6. The molecule has 0 unspecified atom stereocenters. The Hall–Kier alpha value is -3.16. The maximum absolute atomic E-state index is 10.8. The molecule has 0 aliphatic rings. The molecule has 0 aliphatic carbocycles. The fraction of sp³-hybridized carbons (Fsp3) is 0.250. The van der Waals surface area contributed by atoms with Crippen molar-refractivity contribution >= 4 is 28.1 Å². The number of anilines is 2. The Morgan fingerprint density at radius 2 is 2.12 bits per heavy atom. The number of aromatic amines is 1. The van der Waals surface area contributed by atoms with Gasteiger partial charge in [-0.15, -0.1) is 0 Å². The highest BCUT2D eigenvalue weighted by molar-refractivity contribution is 5.81. The number of benzene rings is 1. The molecule has 124 valence electrons. The first-order valence-electron chi connectivity index (χ1n) is 7.45. The maximum Gasteiger partial charge on any atom is 0.311 e. The highest BCUT2D eigenvalue weighted by atomic mass is 16.6. The van der Waals surface area contributed by atoms with E-state index in [1.807, 2.05) is 32.0 Å². The Morgan fingerprint density at radius 1 is 1.33 bits per heavy atom. The summed E-state index contributed by atoms with van der Waals surface area (Å²) >= 11 is 0. The number of nitrogens with one attached hydrogen (secondary N) is 2. The third-order valence-electron chi connectivity index (χ3n) is 3.70. The summed E-state index contributed by atoms with van der Waals surface area (Å²) in [5, 5.41) is 22.2. The van der Waals surface area contributed by atoms with E-state index in [9.17, 15) is 10.1 Å². The standard InChI is InChI=1S/C16H18N6O2/c1-16(2,8-12-4-6-14(22(23)24)15(17)19-12)20-11-3-5-13-10(7-11)9-18-21-13/h3-7,9,20H,8H2,1-2H3,(H2,17,19)(H,18,21). The number of nitrogen functional groups attached to an aromatic ring is 1. The molecule has 0 amide bonds. The van der Waals surface area contributed by atoms with Crippen molar-refractivity contribution in [2.75, 3.05) is 11.1 Å². The van der Waals surface area contributed by atoms with Gasteiger partial charge in [0.1, 0.15) is 0 Å². The zero-order valence-electron chi connectivity index (χ0n) is 13.4. The van der Waals surface area contributed by atoms with E-state index in [0.29, 0.717) is 12.1 Å². The number of nitro groups is 1. The fourth-order valence-corrected chi connectivity index (χ4v) is 2.67. The van der Waals surface area contributed by atoms with Crippen LogP contribution in [0.25, 0.3) is 10.9 Å². The summed E-state index contributed by atoms with van der Waals surface area (Å²) in [6.45, 7) is 4.07. The first-order valence-corrected chi connectivity index (χ1v) is 7.45. The maximum atomic E-state index is 10.8. The zero-order chi connectivity index (χ0) is 17.3. The minimum atomic E-state index is -0.532. The molecule has 2 aromatic heterocycles. The van der Waals surface area contributed by atoms with Crippen LogP contribution in [0.5, 0.6) is 0 Å². The summed E-state index contributed by atoms with van der Waals surface area (Å²) in [4.78, 5) is 14.4. The van der Waals surface area contributed by atoms with Crippen LogP contribution in [0.4, 0.5) is 17.2 Å². The van der Waals surface area contributed by atoms with E-state index < -0.39 is 4.92 Å². The lowest BCUT2D eigenvalue weighted by Gasteiger charge is -2.27. The molecular weight excluding hydrogens is 308 g/mol. The molecular formula is C16H18N6O2. The van der Waals surface area contributed by atoms with Crippen molar-refractivity contribution in [3.63, 3.8) is 0 Å². The van der Waals surface area contributed by atoms with Crippen LogP contribution in [0, 0.1) is 10.1 Å². The number of hydrogen-bond donors (Lipinski definition) is 3. The Morgan fingerprint density at radius 3 is 2.83 bits per heavy atom. The van der Waals surface area contributed by atoms with Gasteiger partial charge in [-0.1, -0.05) is 0 Å². The highest BCUT2D eigenvalue weighted by Gasteiger charge is 2.21. The van der Waals surface area contributed by atoms with E-state index in [2.05, 4.69) is 20.5 Å². The lowest BCUT2D eigenvalue weighted by atomic mass is 9.97. The molecule has 0 aliphatic heterocycles. The van der Waals surface area contributed by atoms with Gasteiger partial charge in [0.25, 0.3) is 0 Å². The van der Waals surface area contributed by atoms with E-state index >= 15 is 0 Å². The normalized spacial score (nSPS) is 11.6. The van der Waals surface area contributed by atoms with Gasteiger partial charge in [-0.05, 0) is 38.1 Å². The summed E-state index contributed by atoms with van der Waals surface area (Å²) in [6, 6.07) is 8.98. The Balaban J connectivity index is 1.77. The van der Waals surface area contributed by atoms with Gasteiger partial charge < -0.3 is 11.1 Å². The third-order valence-corrected chi connectivity index (χ3v) is 3.70. The molecule has 0 radical (unpaired) electrons. The molecule has 24 heavy (non-hydrogen) atoms. The molecule has 3 rings (SSSR count). The minimum absolute atomic E-state index is 0.0619. The smallest absolute Gasteiger partial charge is 0.311 e. The predicted molar refractivity (Wildman–Crippen MR) is 92.8 cm³/mol. The summed E-state index contributed by atoms with van der Waals surface area (Å²) in [5.41, 5.74) is 7.81. The molecule has 0 bridgehead atoms. The van der Waals surface area contributed by atoms with E-state index in [1.54, 1.807) is 12.3 Å². The van der Waals surface area contributed by atoms with Crippen molar-refractivity contribution < 1.29 is 4.92 Å². The van der Waals surface area contributed by atoms with E-state index in [0.717, 1.165) is 16.6 Å². The van der Waals surface area contributed by atoms with Crippen LogP contribution in [0.2, 0.25) is 0 Å². The fourth-order valence-electron chi connectivity index (χ4n) is 2.67. The summed E-state index contributed by atoms with van der Waals surface area (Å²) in [6.07, 6.45) is 2.34. The first kappa shape index (κ1) is 15.7. The zero-order valence-corrected chi connectivity index (χ0v) is 13.4. The monoisotopic (exact) mass is 326 g/mol. The van der Waals surface area contributed by atoms with Crippen molar-refractivity contribution in [2.24, 2.45) is 0 Å². The van der Waals surface area contributed by atoms with Gasteiger partial charge in [-0.25, -0.2) is 4.98 Å². The minimum Gasteiger partial charge on any atom is -0.380 e. The van der Waals surface area contributed by atoms with E-state index in [4.69, 9.17) is 5.73 Å². The number of fused-ring (bicyclic) bond motifs is 1. The molecule has 2 heterocycles. The predicted octanol–water partition coefficient (Wildman–Crippen LogP) is 2.88. The second-order valence-electron chi connectivity index (χ2n) is 6.32. The number of nitrogens with two attached hydrogens (primary N) is 1. The van der Waals surface area contributed by atoms with Crippen LogP contribution < -0.4 is 11.1 Å². The van der Waals surface area contributed by atoms with Crippen molar-refractivity contribution in [3.05, 3.63) is 52.3 Å². The van der Waals surface area contributed by atoms with Crippen LogP contribution in [-0.4, -0.2) is 25.6 Å². The van der Waals surface area contributed by atoms with Gasteiger partial charge in [0.2, 0.25) is 5.82 Å². The number of pyridine rings is 1. The molecule has 4 N–H and O–H groups in total. The molecule has 0 saturated heterocycles. The van der Waals surface area contributed by atoms with Crippen LogP contribution >= 0.6 is 0 Å². The number of H-pyrrole nitrogens is 1. The van der Waals surface area contributed by atoms with Gasteiger partial charge >= 0.3 is 5.69 Å². The van der Waals surface area contributed by atoms with Crippen LogP contribution in [0.3, 0.4) is 0 Å². The third kappa shape index (κ3) is 3.27. The van der Waals surface area contributed by atoms with Crippen LogP contribution in [0.1, 0.15) is 19.5 Å². The number of rotatable bonds is 5. The van der Waals surface area contributed by atoms with Crippen molar-refractivity contribution in [3.8, 4) is 0 Å². The Kier molecular flexibility index (Phi) is 3.80. The molecule has 0 fully saturated rings. The van der Waals surface area contributed by atoms with Crippen molar-refractivity contribution in [2.45, 2.75) is 25.8 Å². The second kappa shape index (κ2) is 5.80. The molecule has 0 spiro atoms. The molecule has 8 heteroatoms. The summed E-state index contributed by atoms with van der Waals surface area (Å²) < 4.78 is 0. The first-order chi connectivity index (χ1) is 11.3. The summed E-state index contributed by atoms with van der Waals surface area (Å²) in [5.74, 6) is -0.0619. The number of aromatic nitrogens is 3. The molecule has 0 saturated carbocycles. The quantitative estimate of drug-likeness (QED) is 0.489. The van der Waals surface area contributed by atoms with Gasteiger partial charge in [-0.2, -0.15) is 5.10 Å². The lowest BCUT2D eigenvalue weighted by molar-refractivity contribution is -0.384. The average Bonchev–Trinajstić information content (AvgIpc) is 2.93. The molecule has 1 aromatic carbocycles. The average molecular weight is 326 g/mol. The van der Waals surface area contributed by atoms with E-state index in [1.165, 1.54) is 6.07 Å². The lowest BCUT2D eigenvalue weighted by Crippen LogP contribution is -2.33. The molecule has 0 atom stereocenters. The van der Waals surface area contributed by atoms with Crippen molar-refractivity contribution in [1.29, 1.82) is 0 Å². The SMILES string of the molecule is CC(C)(Cc1ccc([N+](=O)[O-])c(N)n1)Nc1ccc2[nH]ncc2c1. The second-order valence-corrected chi connectivity index (χ2v) is 6.32. The summed E-state index contributed by atoms with van der Waals surface area (Å²) in [7, 11) is 0. The Labute approximate surface area is 138 Å². The van der Waals surface area contributed by atoms with Gasteiger partial charge in [-0.3, -0.25) is 15.2 Å². The van der Waals surface area contributed by atoms with Crippen LogP contribution in [0.15, 0.2) is 36.5 Å². The molecule has 3 aromatic rings. The topological polar surface area (TPSA) is 123 Å². The van der Waals surface area contributed by atoms with Gasteiger partial charge in [0.05, 0.1) is 16.6 Å². The largest absolute Gasteiger partial charge is 0.380 e. The van der Waals surface area contributed by atoms with E-state index in [-0.39, 0.29) is 17.0 Å². The highest BCUT2D eigenvalue weighted by Crippen LogP contribution is 2.24. The van der Waals surface area contributed by atoms with Crippen molar-refractivity contribution in [1.82, 2.24) is 15.2 Å². The molecule has 8 nitrogen and oxygen atoms in total. The number of nitrogens with zero attached hydrogens (tertiary/aromatic N) is 3. The van der Waals surface area contributed by atoms with Crippen LogP contribution in [-0.2, 0) is 6.42 Å².